The normalized spacial score (nSPS) is 14.8. The highest BCUT2D eigenvalue weighted by atomic mass is 35.5. The van der Waals surface area contributed by atoms with Gasteiger partial charge in [0, 0.05) is 10.6 Å². The molecule has 1 aromatic heterocycles. The summed E-state index contributed by atoms with van der Waals surface area (Å²) in [5.41, 5.74) is 3.13. The Bertz CT molecular complexity index is 1770. The third-order valence-electron chi connectivity index (χ3n) is 6.55. The third kappa shape index (κ3) is 6.14. The Morgan fingerprint density at radius 1 is 0.976 bits per heavy atom. The summed E-state index contributed by atoms with van der Waals surface area (Å²) in [7, 11) is 0. The summed E-state index contributed by atoms with van der Waals surface area (Å²) < 4.78 is 18.9. The van der Waals surface area contributed by atoms with Crippen LogP contribution in [0, 0.1) is 0 Å². The van der Waals surface area contributed by atoms with Crippen molar-refractivity contribution in [3.05, 3.63) is 125 Å². The summed E-state index contributed by atoms with van der Waals surface area (Å²) in [5.74, 6) is 0.907. The van der Waals surface area contributed by atoms with E-state index in [0.717, 1.165) is 16.7 Å². The first-order chi connectivity index (χ1) is 19.9. The van der Waals surface area contributed by atoms with Crippen molar-refractivity contribution in [2.45, 2.75) is 33.4 Å². The number of rotatable bonds is 9. The maximum atomic E-state index is 13.8. The molecule has 0 saturated heterocycles. The van der Waals surface area contributed by atoms with Gasteiger partial charge in [-0.25, -0.2) is 9.79 Å². The van der Waals surface area contributed by atoms with Gasteiger partial charge in [0.05, 0.1) is 35.1 Å². The van der Waals surface area contributed by atoms with Gasteiger partial charge in [0.1, 0.15) is 18.1 Å². The monoisotopic (exact) mass is 588 g/mol. The first-order valence-electron chi connectivity index (χ1n) is 13.3. The highest BCUT2D eigenvalue weighted by Crippen LogP contribution is 2.31. The Kier molecular flexibility index (Phi) is 8.71. The van der Waals surface area contributed by atoms with Gasteiger partial charge in [0.2, 0.25) is 0 Å². The Hall–Kier alpha value is -4.14. The Morgan fingerprint density at radius 2 is 1.66 bits per heavy atom. The lowest BCUT2D eigenvalue weighted by Gasteiger charge is -2.24. The maximum Gasteiger partial charge on any atom is 0.338 e. The second kappa shape index (κ2) is 12.6. The molecule has 0 radical (unpaired) electrons. The van der Waals surface area contributed by atoms with Crippen LogP contribution in [0.25, 0.3) is 6.08 Å². The largest absolute Gasteiger partial charge is 0.494 e. The number of carbonyl (C=O) groups excluding carboxylic acids is 1. The molecular formula is C32H29ClN2O5S. The zero-order valence-corrected chi connectivity index (χ0v) is 24.5. The fourth-order valence-electron chi connectivity index (χ4n) is 4.61. The number of halogens is 1. The number of hydrogen-bond donors (Lipinski definition) is 0. The molecule has 210 valence electrons. The molecule has 0 spiro atoms. The molecule has 4 aromatic rings. The molecular weight excluding hydrogens is 560 g/mol. The molecule has 0 saturated carbocycles. The Morgan fingerprint density at radius 3 is 2.34 bits per heavy atom. The summed E-state index contributed by atoms with van der Waals surface area (Å²) in [4.78, 5) is 32.0. The van der Waals surface area contributed by atoms with Gasteiger partial charge in [-0.3, -0.25) is 9.36 Å². The summed E-state index contributed by atoms with van der Waals surface area (Å²) in [5, 5.41) is 0.657. The summed E-state index contributed by atoms with van der Waals surface area (Å²) >= 11 is 7.51. The average Bonchev–Trinajstić information content (AvgIpc) is 3.27. The molecule has 41 heavy (non-hydrogen) atoms. The molecule has 1 aliphatic rings. The molecule has 5 rings (SSSR count). The smallest absolute Gasteiger partial charge is 0.338 e. The van der Waals surface area contributed by atoms with Gasteiger partial charge < -0.3 is 14.2 Å². The molecule has 0 bridgehead atoms. The number of carbonyl (C=O) groups is 1. The molecule has 1 aliphatic heterocycles. The van der Waals surface area contributed by atoms with E-state index in [9.17, 15) is 9.59 Å². The van der Waals surface area contributed by atoms with Gasteiger partial charge >= 0.3 is 5.97 Å². The standard InChI is InChI=1S/C32H29ClN2O5S/c1-4-38-24-16-12-22(13-17-24)29-28(31(37)39-5-2)20(3)34-32-35(29)30(36)27(41-32)18-21-10-14-25(15-11-21)40-19-23-8-6-7-9-26(23)33/h6-18,29H,4-5,19H2,1-3H3/b27-18-/t29-/m1/s1. The highest BCUT2D eigenvalue weighted by Gasteiger charge is 2.33. The van der Waals surface area contributed by atoms with Crippen molar-refractivity contribution in [2.75, 3.05) is 13.2 Å². The zero-order valence-electron chi connectivity index (χ0n) is 22.9. The molecule has 0 fully saturated rings. The Labute approximate surface area is 246 Å². The number of ether oxygens (including phenoxy) is 3. The SMILES string of the molecule is CCOC(=O)C1=C(C)N=c2s/c(=C\c3ccc(OCc4ccccc4Cl)cc3)c(=O)n2[C@@H]1c1ccc(OCC)cc1. The molecule has 0 amide bonds. The predicted molar refractivity (Wildman–Crippen MR) is 160 cm³/mol. The van der Waals surface area contributed by atoms with Crippen LogP contribution in [0.2, 0.25) is 5.02 Å². The molecule has 0 aliphatic carbocycles. The minimum absolute atomic E-state index is 0.216. The molecule has 0 N–H and O–H groups in total. The topological polar surface area (TPSA) is 79.1 Å². The van der Waals surface area contributed by atoms with Crippen molar-refractivity contribution >= 4 is 35.0 Å². The lowest BCUT2D eigenvalue weighted by Crippen LogP contribution is -2.39. The van der Waals surface area contributed by atoms with Crippen molar-refractivity contribution in [1.82, 2.24) is 4.57 Å². The van der Waals surface area contributed by atoms with E-state index in [4.69, 9.17) is 25.8 Å². The number of fused-ring (bicyclic) bond motifs is 1. The van der Waals surface area contributed by atoms with Crippen LogP contribution in [-0.4, -0.2) is 23.8 Å². The summed E-state index contributed by atoms with van der Waals surface area (Å²) in [6.07, 6.45) is 1.82. The highest BCUT2D eigenvalue weighted by molar-refractivity contribution is 7.07. The second-order valence-electron chi connectivity index (χ2n) is 9.25. The quantitative estimate of drug-likeness (QED) is 0.244. The van der Waals surface area contributed by atoms with Crippen molar-refractivity contribution in [3.8, 4) is 11.5 Å². The maximum absolute atomic E-state index is 13.8. The predicted octanol–water partition coefficient (Wildman–Crippen LogP) is 5.43. The van der Waals surface area contributed by atoms with Crippen LogP contribution in [0.1, 0.15) is 43.5 Å². The van der Waals surface area contributed by atoms with Crippen molar-refractivity contribution in [3.63, 3.8) is 0 Å². The van der Waals surface area contributed by atoms with Crippen molar-refractivity contribution in [1.29, 1.82) is 0 Å². The van der Waals surface area contributed by atoms with E-state index >= 15 is 0 Å². The number of esters is 1. The molecule has 2 heterocycles. The fraction of sp³-hybridized carbons (Fsp3) is 0.219. The number of aromatic nitrogens is 1. The molecule has 9 heteroatoms. The van der Waals surface area contributed by atoms with E-state index in [1.54, 1.807) is 18.4 Å². The molecule has 7 nitrogen and oxygen atoms in total. The van der Waals surface area contributed by atoms with Crippen LogP contribution in [0.3, 0.4) is 0 Å². The van der Waals surface area contributed by atoms with E-state index in [-0.39, 0.29) is 12.2 Å². The fourth-order valence-corrected chi connectivity index (χ4v) is 5.85. The van der Waals surface area contributed by atoms with E-state index in [1.807, 2.05) is 85.8 Å². The Balaban J connectivity index is 1.49. The number of nitrogens with zero attached hydrogens (tertiary/aromatic N) is 2. The lowest BCUT2D eigenvalue weighted by atomic mass is 9.96. The minimum atomic E-state index is -0.677. The zero-order chi connectivity index (χ0) is 28.9. The van der Waals surface area contributed by atoms with E-state index in [1.165, 1.54) is 11.3 Å². The van der Waals surface area contributed by atoms with Crippen LogP contribution in [0.5, 0.6) is 11.5 Å². The van der Waals surface area contributed by atoms with Crippen LogP contribution in [-0.2, 0) is 16.1 Å². The van der Waals surface area contributed by atoms with Crippen LogP contribution >= 0.6 is 22.9 Å². The third-order valence-corrected chi connectivity index (χ3v) is 7.91. The van der Waals surface area contributed by atoms with Gasteiger partial charge in [-0.1, -0.05) is 65.4 Å². The van der Waals surface area contributed by atoms with Crippen LogP contribution in [0.4, 0.5) is 0 Å². The van der Waals surface area contributed by atoms with Gasteiger partial charge in [-0.15, -0.1) is 0 Å². The van der Waals surface area contributed by atoms with Gasteiger partial charge in [0.25, 0.3) is 5.56 Å². The number of thiazole rings is 1. The lowest BCUT2D eigenvalue weighted by molar-refractivity contribution is -0.139. The van der Waals surface area contributed by atoms with Gasteiger partial charge in [-0.2, -0.15) is 0 Å². The van der Waals surface area contributed by atoms with Gasteiger partial charge in [-0.05, 0) is 68.3 Å². The number of benzene rings is 3. The van der Waals surface area contributed by atoms with Gasteiger partial charge in [0.15, 0.2) is 4.80 Å². The first kappa shape index (κ1) is 28.4. The minimum Gasteiger partial charge on any atom is -0.494 e. The van der Waals surface area contributed by atoms with E-state index in [2.05, 4.69) is 4.99 Å². The molecule has 1 atom stereocenters. The van der Waals surface area contributed by atoms with Crippen LogP contribution in [0.15, 0.2) is 93.9 Å². The van der Waals surface area contributed by atoms with E-state index < -0.39 is 12.0 Å². The first-order valence-corrected chi connectivity index (χ1v) is 14.5. The van der Waals surface area contributed by atoms with Crippen LogP contribution < -0.4 is 24.4 Å². The number of allylic oxidation sites excluding steroid dienone is 1. The van der Waals surface area contributed by atoms with Crippen molar-refractivity contribution in [2.24, 2.45) is 4.99 Å². The molecule has 0 unspecified atom stereocenters. The number of hydrogen-bond acceptors (Lipinski definition) is 7. The van der Waals surface area contributed by atoms with Crippen molar-refractivity contribution < 1.29 is 19.0 Å². The second-order valence-corrected chi connectivity index (χ2v) is 10.7. The molecule has 3 aromatic carbocycles. The summed E-state index contributed by atoms with van der Waals surface area (Å²) in [6, 6.07) is 21.8. The summed E-state index contributed by atoms with van der Waals surface area (Å²) in [6.45, 7) is 6.54. The average molecular weight is 589 g/mol. The van der Waals surface area contributed by atoms with E-state index in [0.29, 0.717) is 50.3 Å².